The van der Waals surface area contributed by atoms with E-state index >= 15 is 0 Å². The molecule has 0 aliphatic heterocycles. The number of aromatic nitrogens is 2. The second-order valence-electron chi connectivity index (χ2n) is 6.11. The molecule has 0 aliphatic rings. The third-order valence-corrected chi connectivity index (χ3v) is 5.65. The van der Waals surface area contributed by atoms with Gasteiger partial charge in [0.05, 0.1) is 11.7 Å². The Morgan fingerprint density at radius 1 is 1.04 bits per heavy atom. The molecule has 0 spiro atoms. The lowest BCUT2D eigenvalue weighted by molar-refractivity contribution is -0.116. The summed E-state index contributed by atoms with van der Waals surface area (Å²) in [6, 6.07) is 17.1. The van der Waals surface area contributed by atoms with Crippen LogP contribution in [0.3, 0.4) is 0 Å². The number of benzene rings is 2. The summed E-state index contributed by atoms with van der Waals surface area (Å²) in [6.07, 6.45) is 0.333. The van der Waals surface area contributed by atoms with Gasteiger partial charge in [-0.25, -0.2) is 0 Å². The Morgan fingerprint density at radius 3 is 2.39 bits per heavy atom. The van der Waals surface area contributed by atoms with Crippen molar-refractivity contribution in [2.75, 3.05) is 10.6 Å². The minimum Gasteiger partial charge on any atom is -0.326 e. The van der Waals surface area contributed by atoms with Gasteiger partial charge in [-0.15, -0.1) is 22.0 Å². The predicted octanol–water partition coefficient (Wildman–Crippen LogP) is 4.15. The van der Waals surface area contributed by atoms with Crippen LogP contribution < -0.4 is 10.6 Å². The Morgan fingerprint density at radius 2 is 1.75 bits per heavy atom. The highest BCUT2D eigenvalue weighted by molar-refractivity contribution is 8.00. The van der Waals surface area contributed by atoms with Crippen molar-refractivity contribution >= 4 is 45.7 Å². The van der Waals surface area contributed by atoms with E-state index in [0.717, 1.165) is 21.2 Å². The van der Waals surface area contributed by atoms with E-state index in [1.165, 1.54) is 23.1 Å². The Hall–Kier alpha value is -2.71. The topological polar surface area (TPSA) is 84.0 Å². The molecule has 0 bridgehead atoms. The van der Waals surface area contributed by atoms with E-state index < -0.39 is 0 Å². The van der Waals surface area contributed by atoms with Gasteiger partial charge in [-0.05, 0) is 43.7 Å². The van der Waals surface area contributed by atoms with E-state index in [1.54, 1.807) is 0 Å². The molecule has 1 atom stereocenters. The molecule has 1 unspecified atom stereocenters. The molecule has 3 aromatic rings. The molecule has 144 valence electrons. The number of carbonyl (C=O) groups excluding carboxylic acids is 2. The summed E-state index contributed by atoms with van der Waals surface area (Å²) in [5, 5.41) is 14.5. The molecular formula is C20H20N4O2S2. The van der Waals surface area contributed by atoms with Crippen molar-refractivity contribution < 1.29 is 9.59 Å². The van der Waals surface area contributed by atoms with Crippen LogP contribution >= 0.6 is 23.1 Å². The smallest absolute Gasteiger partial charge is 0.239 e. The zero-order chi connectivity index (χ0) is 19.9. The number of thioether (sulfide) groups is 1. The maximum atomic E-state index is 12.3. The van der Waals surface area contributed by atoms with Gasteiger partial charge in [0.25, 0.3) is 0 Å². The molecule has 28 heavy (non-hydrogen) atoms. The van der Waals surface area contributed by atoms with Crippen molar-refractivity contribution in [3.8, 4) is 0 Å². The summed E-state index contributed by atoms with van der Waals surface area (Å²) < 4.78 is 0. The predicted molar refractivity (Wildman–Crippen MR) is 114 cm³/mol. The van der Waals surface area contributed by atoms with Crippen molar-refractivity contribution in [1.82, 2.24) is 10.2 Å². The first-order valence-electron chi connectivity index (χ1n) is 8.71. The minimum atomic E-state index is -0.289. The summed E-state index contributed by atoms with van der Waals surface area (Å²) in [6.45, 7) is 3.68. The van der Waals surface area contributed by atoms with Crippen LogP contribution in [-0.4, -0.2) is 27.3 Å². The number of hydrogen-bond acceptors (Lipinski definition) is 6. The number of nitrogens with one attached hydrogen (secondary N) is 2. The number of aryl methyl sites for hydroxylation is 1. The van der Waals surface area contributed by atoms with Gasteiger partial charge in [0.15, 0.2) is 0 Å². The number of rotatable bonds is 7. The molecule has 0 radical (unpaired) electrons. The van der Waals surface area contributed by atoms with Crippen molar-refractivity contribution in [1.29, 1.82) is 0 Å². The fourth-order valence-electron chi connectivity index (χ4n) is 2.42. The number of nitrogens with zero attached hydrogens (tertiary/aromatic N) is 2. The first-order chi connectivity index (χ1) is 13.5. The highest BCUT2D eigenvalue weighted by atomic mass is 32.2. The zero-order valence-corrected chi connectivity index (χ0v) is 17.1. The third-order valence-electron chi connectivity index (χ3n) is 3.78. The molecule has 0 saturated heterocycles. The molecule has 1 heterocycles. The van der Waals surface area contributed by atoms with Gasteiger partial charge in [0, 0.05) is 10.6 Å². The number of amides is 2. The van der Waals surface area contributed by atoms with Crippen LogP contribution in [-0.2, 0) is 16.0 Å². The first kappa shape index (κ1) is 20.0. The highest BCUT2D eigenvalue weighted by Gasteiger charge is 2.16. The van der Waals surface area contributed by atoms with E-state index in [0.29, 0.717) is 11.6 Å². The molecule has 2 amide bonds. The van der Waals surface area contributed by atoms with Gasteiger partial charge in [-0.1, -0.05) is 41.7 Å². The third kappa shape index (κ3) is 5.90. The van der Waals surface area contributed by atoms with Gasteiger partial charge < -0.3 is 5.32 Å². The van der Waals surface area contributed by atoms with Gasteiger partial charge in [0.2, 0.25) is 16.9 Å². The Labute approximate surface area is 171 Å². The largest absolute Gasteiger partial charge is 0.326 e. The molecule has 0 saturated carbocycles. The second-order valence-corrected chi connectivity index (χ2v) is 8.71. The fourth-order valence-corrected chi connectivity index (χ4v) is 3.88. The van der Waals surface area contributed by atoms with Crippen molar-refractivity contribution in [2.24, 2.45) is 0 Å². The Balaban J connectivity index is 1.50. The fraction of sp³-hybridized carbons (Fsp3) is 0.200. The van der Waals surface area contributed by atoms with Crippen LogP contribution in [0.2, 0.25) is 0 Å². The molecule has 1 aromatic heterocycles. The second kappa shape index (κ2) is 9.48. The number of hydrogen-bond donors (Lipinski definition) is 2. The Kier molecular flexibility index (Phi) is 6.78. The van der Waals surface area contributed by atoms with Crippen molar-refractivity contribution in [3.05, 3.63) is 65.2 Å². The summed E-state index contributed by atoms with van der Waals surface area (Å²) in [5.41, 5.74) is 1.70. The molecule has 2 N–H and O–H groups in total. The van der Waals surface area contributed by atoms with Gasteiger partial charge in [0.1, 0.15) is 5.01 Å². The van der Waals surface area contributed by atoms with Gasteiger partial charge in [-0.3, -0.25) is 14.9 Å². The first-order valence-corrected chi connectivity index (χ1v) is 10.4. The van der Waals surface area contributed by atoms with Crippen LogP contribution in [0.5, 0.6) is 0 Å². The standard InChI is InChI=1S/C20H20N4O2S2/c1-13(19(26)22-20-24-23-14(2)28-20)27-17-10-8-16(9-11-17)21-18(25)12-15-6-4-3-5-7-15/h3-11,13H,12H2,1-2H3,(H,21,25)(H,22,24,26). The molecule has 8 heteroatoms. The quantitative estimate of drug-likeness (QED) is 0.570. The van der Waals surface area contributed by atoms with Crippen molar-refractivity contribution in [3.63, 3.8) is 0 Å². The number of carbonyl (C=O) groups is 2. The molecule has 2 aromatic carbocycles. The molecule has 6 nitrogen and oxygen atoms in total. The lowest BCUT2D eigenvalue weighted by atomic mass is 10.1. The molecule has 0 fully saturated rings. The van der Waals surface area contributed by atoms with E-state index in [1.807, 2.05) is 68.4 Å². The normalized spacial score (nSPS) is 11.6. The van der Waals surface area contributed by atoms with Crippen LogP contribution in [0.4, 0.5) is 10.8 Å². The van der Waals surface area contributed by atoms with Gasteiger partial charge >= 0.3 is 0 Å². The lowest BCUT2D eigenvalue weighted by Gasteiger charge is -2.11. The summed E-state index contributed by atoms with van der Waals surface area (Å²) >= 11 is 2.78. The Bertz CT molecular complexity index is 942. The lowest BCUT2D eigenvalue weighted by Crippen LogP contribution is -2.22. The van der Waals surface area contributed by atoms with E-state index in [9.17, 15) is 9.59 Å². The highest BCUT2D eigenvalue weighted by Crippen LogP contribution is 2.26. The summed E-state index contributed by atoms with van der Waals surface area (Å²) in [4.78, 5) is 25.3. The molecule has 0 aliphatic carbocycles. The maximum Gasteiger partial charge on any atom is 0.239 e. The SMILES string of the molecule is Cc1nnc(NC(=O)C(C)Sc2ccc(NC(=O)Cc3ccccc3)cc2)s1. The van der Waals surface area contributed by atoms with Crippen LogP contribution in [0.25, 0.3) is 0 Å². The molecular weight excluding hydrogens is 392 g/mol. The average Bonchev–Trinajstić information content (AvgIpc) is 3.08. The van der Waals surface area contributed by atoms with Crippen molar-refractivity contribution in [2.45, 2.75) is 30.4 Å². The van der Waals surface area contributed by atoms with E-state index in [2.05, 4.69) is 20.8 Å². The summed E-state index contributed by atoms with van der Waals surface area (Å²) in [7, 11) is 0. The monoisotopic (exact) mass is 412 g/mol. The van der Waals surface area contributed by atoms with Gasteiger partial charge in [-0.2, -0.15) is 0 Å². The molecule has 3 rings (SSSR count). The number of anilines is 2. The van der Waals surface area contributed by atoms with Crippen LogP contribution in [0.15, 0.2) is 59.5 Å². The van der Waals surface area contributed by atoms with Crippen LogP contribution in [0, 0.1) is 6.92 Å². The zero-order valence-electron chi connectivity index (χ0n) is 15.5. The average molecular weight is 413 g/mol. The van der Waals surface area contributed by atoms with E-state index in [-0.39, 0.29) is 17.1 Å². The minimum absolute atomic E-state index is 0.0632. The summed E-state index contributed by atoms with van der Waals surface area (Å²) in [5.74, 6) is -0.187. The maximum absolute atomic E-state index is 12.3. The van der Waals surface area contributed by atoms with E-state index in [4.69, 9.17) is 0 Å². The van der Waals surface area contributed by atoms with Crippen LogP contribution in [0.1, 0.15) is 17.5 Å².